The maximum atomic E-state index is 8.25. The molecule has 0 radical (unpaired) electrons. The van der Waals surface area contributed by atoms with Crippen LogP contribution in [-0.2, 0) is 64.6 Å². The molecule has 0 fully saturated rings. The molecule has 1 nitrogen and oxygen atoms in total. The van der Waals surface area contributed by atoms with Gasteiger partial charge in [0.2, 0.25) is 0 Å². The molecule has 0 atom stereocenters. The summed E-state index contributed by atoms with van der Waals surface area (Å²) in [4.78, 5) is 0. The van der Waals surface area contributed by atoms with E-state index in [1.807, 2.05) is 0 Å². The Labute approximate surface area is 64.0 Å². The van der Waals surface area contributed by atoms with Crippen LogP contribution >= 0.6 is 0 Å². The van der Waals surface area contributed by atoms with E-state index in [0.717, 1.165) is 20.4 Å². The minimum absolute atomic E-state index is 0. The van der Waals surface area contributed by atoms with E-state index >= 15 is 0 Å². The standard InChI is InChI=1S/O.Os.Pt.Ti. The molecule has 0 bridgehead atoms. The summed E-state index contributed by atoms with van der Waals surface area (Å²) >= 11 is 0.750. The summed E-state index contributed by atoms with van der Waals surface area (Å²) in [5.74, 6) is 0. The van der Waals surface area contributed by atoms with Gasteiger partial charge in [0.1, 0.15) is 0 Å². The molecule has 0 spiro atoms. The van der Waals surface area contributed by atoms with Crippen LogP contribution in [0, 0.1) is 0 Å². The van der Waals surface area contributed by atoms with Gasteiger partial charge in [-0.1, -0.05) is 0 Å². The molecule has 4 heavy (non-hydrogen) atoms. The molecule has 4 heteroatoms. The molecule has 0 amide bonds. The predicted molar refractivity (Wildman–Crippen MR) is 0.686 cm³/mol. The molecule has 0 aromatic carbocycles. The van der Waals surface area contributed by atoms with Crippen molar-refractivity contribution in [2.75, 3.05) is 0 Å². The molecule has 0 aromatic heterocycles. The van der Waals surface area contributed by atoms with E-state index in [-0.39, 0.29) is 40.9 Å². The Hall–Kier alpha value is 1.84. The van der Waals surface area contributed by atoms with Crippen molar-refractivity contribution >= 4 is 0 Å². The fraction of sp³-hybridized carbons (Fsp3) is 0. The zero-order chi connectivity index (χ0) is 2.00. The van der Waals surface area contributed by atoms with Crippen molar-refractivity contribution in [1.82, 2.24) is 0 Å². The first-order valence-electron chi connectivity index (χ1n) is 0.204. The van der Waals surface area contributed by atoms with Gasteiger partial charge < -0.3 is 0 Å². The maximum Gasteiger partial charge on any atom is 0 e. The molecule has 0 aliphatic heterocycles. The van der Waals surface area contributed by atoms with Crippen LogP contribution in [0.4, 0.5) is 0 Å². The Bertz CT molecular complexity index is 8.00. The topological polar surface area (TPSA) is 17.1 Å². The molecule has 28 valence electrons. The second kappa shape index (κ2) is 21.1. The molecular formula is OOsPtTi. The Morgan fingerprint density at radius 2 is 1.25 bits per heavy atom. The minimum Gasteiger partial charge on any atom is 0 e. The summed E-state index contributed by atoms with van der Waals surface area (Å²) in [7, 11) is 0. The molecule has 0 N–H and O–H groups in total. The van der Waals surface area contributed by atoms with Gasteiger partial charge in [-0.15, -0.1) is 0 Å². The van der Waals surface area contributed by atoms with Crippen molar-refractivity contribution < 1.29 is 64.6 Å². The fourth-order valence-corrected chi connectivity index (χ4v) is 0. The number of hydrogen-bond acceptors (Lipinski definition) is 1. The largest absolute Gasteiger partial charge is 0 e. The van der Waals surface area contributed by atoms with Gasteiger partial charge in [-0.2, -0.15) is 0 Å². The van der Waals surface area contributed by atoms with Gasteiger partial charge in [0.15, 0.2) is 0 Å². The van der Waals surface area contributed by atoms with Crippen molar-refractivity contribution in [3.05, 3.63) is 0 Å². The normalized spacial score (nSPS) is 0.750. The van der Waals surface area contributed by atoms with E-state index in [2.05, 4.69) is 0 Å². The van der Waals surface area contributed by atoms with Crippen LogP contribution < -0.4 is 0 Å². The van der Waals surface area contributed by atoms with E-state index < -0.39 is 0 Å². The van der Waals surface area contributed by atoms with Crippen LogP contribution in [0.5, 0.6) is 0 Å². The molecule has 0 heterocycles. The van der Waals surface area contributed by atoms with Crippen molar-refractivity contribution in [3.8, 4) is 0 Å². The first-order valence-corrected chi connectivity index (χ1v) is 0.842. The molecule has 0 unspecified atom stereocenters. The third kappa shape index (κ3) is 9.15. The first-order chi connectivity index (χ1) is 1.00. The van der Waals surface area contributed by atoms with E-state index in [1.165, 1.54) is 0 Å². The molecule has 0 saturated heterocycles. The molecule has 0 rings (SSSR count). The average molecular weight is 449 g/mol. The van der Waals surface area contributed by atoms with Gasteiger partial charge in [-0.25, -0.2) is 0 Å². The second-order valence-electron chi connectivity index (χ2n) is 0. The van der Waals surface area contributed by atoms with E-state index in [0.29, 0.717) is 0 Å². The summed E-state index contributed by atoms with van der Waals surface area (Å²) in [5, 5.41) is 0. The van der Waals surface area contributed by atoms with Crippen molar-refractivity contribution in [2.24, 2.45) is 0 Å². The third-order valence-electron chi connectivity index (χ3n) is 0. The first kappa shape index (κ1) is 17.0. The van der Waals surface area contributed by atoms with Crippen molar-refractivity contribution in [3.63, 3.8) is 0 Å². The fourth-order valence-electron chi connectivity index (χ4n) is 0. The second-order valence-corrected chi connectivity index (χ2v) is 0. The van der Waals surface area contributed by atoms with Gasteiger partial charge in [0, 0.05) is 40.9 Å². The van der Waals surface area contributed by atoms with Crippen molar-refractivity contribution in [1.29, 1.82) is 0 Å². The third-order valence-corrected chi connectivity index (χ3v) is 0. The maximum absolute atomic E-state index is 8.25. The summed E-state index contributed by atoms with van der Waals surface area (Å²) in [5.41, 5.74) is 0. The number of hydrogen-bond donors (Lipinski definition) is 0. The Morgan fingerprint density at radius 1 is 1.25 bits per heavy atom. The van der Waals surface area contributed by atoms with E-state index in [9.17, 15) is 0 Å². The van der Waals surface area contributed by atoms with Crippen LogP contribution in [0.1, 0.15) is 0 Å². The molecule has 0 aliphatic rings. The van der Waals surface area contributed by atoms with Gasteiger partial charge >= 0.3 is 23.7 Å². The van der Waals surface area contributed by atoms with Crippen LogP contribution in [0.2, 0.25) is 0 Å². The molecular weight excluding hydrogens is 449 g/mol. The van der Waals surface area contributed by atoms with Gasteiger partial charge in [0.05, 0.1) is 0 Å². The number of rotatable bonds is 0. The summed E-state index contributed by atoms with van der Waals surface area (Å²) in [6, 6.07) is 0. The van der Waals surface area contributed by atoms with Gasteiger partial charge in [-0.3, -0.25) is 0 Å². The smallest absolute Gasteiger partial charge is 0 e. The van der Waals surface area contributed by atoms with E-state index in [4.69, 9.17) is 3.32 Å². The van der Waals surface area contributed by atoms with E-state index in [1.54, 1.807) is 0 Å². The monoisotopic (exact) mass is 451 g/mol. The summed E-state index contributed by atoms with van der Waals surface area (Å²) in [6.07, 6.45) is 0. The van der Waals surface area contributed by atoms with Gasteiger partial charge in [0.25, 0.3) is 0 Å². The summed E-state index contributed by atoms with van der Waals surface area (Å²) in [6.45, 7) is 0. The Kier molecular flexibility index (Phi) is 89.4. The Balaban J connectivity index is -0.00000000500. The summed E-state index contributed by atoms with van der Waals surface area (Å²) < 4.78 is 8.25. The zero-order valence-electron chi connectivity index (χ0n) is 1.58. The molecule has 0 aromatic rings. The average Bonchev–Trinajstić information content (AvgIpc) is 1.00. The van der Waals surface area contributed by atoms with Crippen LogP contribution in [-0.4, -0.2) is 0 Å². The predicted octanol–water partition coefficient (Wildman–Crippen LogP) is -0.126. The van der Waals surface area contributed by atoms with Crippen LogP contribution in [0.3, 0.4) is 0 Å². The molecule has 0 aliphatic carbocycles. The van der Waals surface area contributed by atoms with Crippen molar-refractivity contribution in [2.45, 2.75) is 0 Å². The quantitative estimate of drug-likeness (QED) is 0.472. The minimum atomic E-state index is 0. The van der Waals surface area contributed by atoms with Crippen LogP contribution in [0.25, 0.3) is 0 Å². The SMILES string of the molecule is [O]=[Ti].[Os].[Pt]. The van der Waals surface area contributed by atoms with Crippen LogP contribution in [0.15, 0.2) is 0 Å². The molecule has 0 saturated carbocycles. The zero-order valence-corrected chi connectivity index (χ0v) is 7.95. The Morgan fingerprint density at radius 3 is 1.25 bits per heavy atom. The van der Waals surface area contributed by atoms with Gasteiger partial charge in [-0.05, 0) is 0 Å².